The molecule has 0 N–H and O–H groups in total. The molecule has 158 valence electrons. The van der Waals surface area contributed by atoms with Crippen LogP contribution in [0.5, 0.6) is 0 Å². The van der Waals surface area contributed by atoms with Crippen LogP contribution in [-0.4, -0.2) is 73.2 Å². The Hall–Kier alpha value is -2.80. The van der Waals surface area contributed by atoms with Gasteiger partial charge in [0.15, 0.2) is 0 Å². The van der Waals surface area contributed by atoms with Gasteiger partial charge in [0.05, 0.1) is 18.2 Å². The number of pyridine rings is 1. The Morgan fingerprint density at radius 1 is 1.17 bits per heavy atom. The molecule has 0 saturated carbocycles. The van der Waals surface area contributed by atoms with E-state index in [-0.39, 0.29) is 17.3 Å². The maximum Gasteiger partial charge on any atom is 0.244 e. The monoisotopic (exact) mass is 427 g/mol. The predicted molar refractivity (Wildman–Crippen MR) is 112 cm³/mol. The number of aromatic nitrogens is 1. The first kappa shape index (κ1) is 21.9. The van der Waals surface area contributed by atoms with E-state index in [1.165, 1.54) is 25.5 Å². The second-order valence-corrected chi connectivity index (χ2v) is 9.31. The van der Waals surface area contributed by atoms with E-state index in [4.69, 9.17) is 5.26 Å². The minimum Gasteiger partial charge on any atom is -0.340 e. The van der Waals surface area contributed by atoms with Crippen LogP contribution in [0.4, 0.5) is 0 Å². The fraction of sp³-hybridized carbons (Fsp3) is 0.381. The third-order valence-electron chi connectivity index (χ3n) is 5.13. The predicted octanol–water partition coefficient (Wildman–Crippen LogP) is 1.31. The zero-order valence-electron chi connectivity index (χ0n) is 16.9. The molecule has 1 amide bonds. The summed E-state index contributed by atoms with van der Waals surface area (Å²) in [6.07, 6.45) is 3.61. The molecule has 2 heterocycles. The Bertz CT molecular complexity index is 1000. The highest BCUT2D eigenvalue weighted by Crippen LogP contribution is 2.14. The van der Waals surface area contributed by atoms with Crippen LogP contribution in [0.1, 0.15) is 17.5 Å². The topological polar surface area (TPSA) is 97.6 Å². The van der Waals surface area contributed by atoms with Crippen molar-refractivity contribution in [2.45, 2.75) is 17.9 Å². The van der Waals surface area contributed by atoms with Gasteiger partial charge in [0, 0.05) is 52.2 Å². The molecule has 0 unspecified atom stereocenters. The normalized spacial score (nSPS) is 15.6. The Morgan fingerprint density at radius 2 is 1.93 bits per heavy atom. The van der Waals surface area contributed by atoms with Gasteiger partial charge in [0.25, 0.3) is 0 Å². The Morgan fingerprint density at radius 3 is 2.60 bits per heavy atom. The van der Waals surface area contributed by atoms with E-state index < -0.39 is 10.0 Å². The van der Waals surface area contributed by atoms with Crippen LogP contribution in [0, 0.1) is 11.3 Å². The lowest BCUT2D eigenvalue weighted by molar-refractivity contribution is -0.131. The minimum atomic E-state index is -3.75. The van der Waals surface area contributed by atoms with Gasteiger partial charge in [-0.2, -0.15) is 9.57 Å². The van der Waals surface area contributed by atoms with E-state index >= 15 is 0 Å². The number of rotatable bonds is 6. The fourth-order valence-electron chi connectivity index (χ4n) is 3.38. The lowest BCUT2D eigenvalue weighted by Gasteiger charge is -2.24. The number of carbonyl (C=O) groups is 1. The number of sulfonamides is 1. The van der Waals surface area contributed by atoms with Crippen LogP contribution in [0.25, 0.3) is 0 Å². The van der Waals surface area contributed by atoms with E-state index in [2.05, 4.69) is 16.0 Å². The molecule has 0 spiro atoms. The van der Waals surface area contributed by atoms with Crippen molar-refractivity contribution < 1.29 is 13.2 Å². The SMILES string of the molecule is CN(CC(=O)N1CCCN(Cc2ccc(C#N)cc2)CC1)S(=O)(=O)c1cccnc1. The summed E-state index contributed by atoms with van der Waals surface area (Å²) in [6.45, 7) is 3.27. The standard InChI is InChI=1S/C21H25N5O3S/c1-24(30(28,29)20-4-2-9-23-15-20)17-21(27)26-11-3-10-25(12-13-26)16-19-7-5-18(14-22)6-8-19/h2,4-9,15H,3,10-13,16-17H2,1H3. The summed E-state index contributed by atoms with van der Waals surface area (Å²) in [5.74, 6) is -0.204. The highest BCUT2D eigenvalue weighted by Gasteiger charge is 2.26. The molecule has 3 rings (SSSR count). The molecule has 1 aliphatic heterocycles. The van der Waals surface area contributed by atoms with Crippen LogP contribution in [-0.2, 0) is 21.4 Å². The second kappa shape index (κ2) is 9.80. The first-order valence-electron chi connectivity index (χ1n) is 9.75. The summed E-state index contributed by atoms with van der Waals surface area (Å²) in [7, 11) is -2.34. The summed E-state index contributed by atoms with van der Waals surface area (Å²) in [6, 6.07) is 12.7. The summed E-state index contributed by atoms with van der Waals surface area (Å²) >= 11 is 0. The van der Waals surface area contributed by atoms with Crippen molar-refractivity contribution in [2.75, 3.05) is 39.8 Å². The van der Waals surface area contributed by atoms with Gasteiger partial charge in [-0.05, 0) is 36.2 Å². The molecule has 1 aromatic carbocycles. The van der Waals surface area contributed by atoms with E-state index in [0.29, 0.717) is 25.2 Å². The van der Waals surface area contributed by atoms with Crippen molar-refractivity contribution >= 4 is 15.9 Å². The highest BCUT2D eigenvalue weighted by atomic mass is 32.2. The summed E-state index contributed by atoms with van der Waals surface area (Å²) in [5, 5.41) is 8.90. The Labute approximate surface area is 177 Å². The second-order valence-electron chi connectivity index (χ2n) is 7.27. The molecular weight excluding hydrogens is 402 g/mol. The molecule has 0 radical (unpaired) electrons. The van der Waals surface area contributed by atoms with E-state index in [9.17, 15) is 13.2 Å². The minimum absolute atomic E-state index is 0.0739. The largest absolute Gasteiger partial charge is 0.340 e. The van der Waals surface area contributed by atoms with Crippen molar-refractivity contribution in [3.63, 3.8) is 0 Å². The van der Waals surface area contributed by atoms with Crippen molar-refractivity contribution in [2.24, 2.45) is 0 Å². The van der Waals surface area contributed by atoms with Crippen LogP contribution in [0.3, 0.4) is 0 Å². The smallest absolute Gasteiger partial charge is 0.244 e. The molecule has 0 bridgehead atoms. The maximum absolute atomic E-state index is 12.7. The van der Waals surface area contributed by atoms with Crippen molar-refractivity contribution in [3.8, 4) is 6.07 Å². The number of carbonyl (C=O) groups excluding carboxylic acids is 1. The van der Waals surface area contributed by atoms with Crippen LogP contribution >= 0.6 is 0 Å². The van der Waals surface area contributed by atoms with Gasteiger partial charge >= 0.3 is 0 Å². The molecule has 1 aliphatic rings. The molecule has 1 fully saturated rings. The zero-order chi connectivity index (χ0) is 21.6. The number of benzene rings is 1. The quantitative estimate of drug-likeness (QED) is 0.689. The molecule has 2 aromatic rings. The zero-order valence-corrected chi connectivity index (χ0v) is 17.8. The number of hydrogen-bond donors (Lipinski definition) is 0. The fourth-order valence-corrected chi connectivity index (χ4v) is 4.46. The van der Waals surface area contributed by atoms with Gasteiger partial charge in [-0.3, -0.25) is 14.7 Å². The molecule has 0 atom stereocenters. The summed E-state index contributed by atoms with van der Waals surface area (Å²) < 4.78 is 26.3. The maximum atomic E-state index is 12.7. The number of amides is 1. The van der Waals surface area contributed by atoms with Gasteiger partial charge in [0.1, 0.15) is 4.90 Å². The van der Waals surface area contributed by atoms with Gasteiger partial charge in [-0.1, -0.05) is 12.1 Å². The highest BCUT2D eigenvalue weighted by molar-refractivity contribution is 7.89. The molecule has 8 nitrogen and oxygen atoms in total. The first-order chi connectivity index (χ1) is 14.4. The van der Waals surface area contributed by atoms with Crippen molar-refractivity contribution in [1.29, 1.82) is 5.26 Å². The molecule has 1 saturated heterocycles. The van der Waals surface area contributed by atoms with Crippen molar-refractivity contribution in [1.82, 2.24) is 19.1 Å². The molecule has 30 heavy (non-hydrogen) atoms. The van der Waals surface area contributed by atoms with E-state index in [1.54, 1.807) is 11.0 Å². The number of hydrogen-bond acceptors (Lipinski definition) is 6. The van der Waals surface area contributed by atoms with Crippen LogP contribution < -0.4 is 0 Å². The average Bonchev–Trinajstić information content (AvgIpc) is 3.00. The lowest BCUT2D eigenvalue weighted by atomic mass is 10.1. The lowest BCUT2D eigenvalue weighted by Crippen LogP contribution is -2.42. The summed E-state index contributed by atoms with van der Waals surface area (Å²) in [5.41, 5.74) is 1.76. The first-order valence-corrected chi connectivity index (χ1v) is 11.2. The molecule has 0 aliphatic carbocycles. The van der Waals surface area contributed by atoms with Gasteiger partial charge in [-0.15, -0.1) is 0 Å². The van der Waals surface area contributed by atoms with E-state index in [1.807, 2.05) is 24.3 Å². The number of likely N-dealkylation sites (N-methyl/N-ethyl adjacent to an activating group) is 1. The summed E-state index contributed by atoms with van der Waals surface area (Å²) in [4.78, 5) is 20.6. The van der Waals surface area contributed by atoms with E-state index in [0.717, 1.165) is 29.4 Å². The van der Waals surface area contributed by atoms with Crippen LogP contribution in [0.2, 0.25) is 0 Å². The van der Waals surface area contributed by atoms with Crippen molar-refractivity contribution in [3.05, 3.63) is 59.9 Å². The Balaban J connectivity index is 1.55. The number of nitriles is 1. The molecule has 1 aromatic heterocycles. The third-order valence-corrected chi connectivity index (χ3v) is 6.92. The van der Waals surface area contributed by atoms with Gasteiger partial charge in [0.2, 0.25) is 15.9 Å². The third kappa shape index (κ3) is 5.42. The van der Waals surface area contributed by atoms with Gasteiger partial charge < -0.3 is 4.90 Å². The Kier molecular flexibility index (Phi) is 7.15. The van der Waals surface area contributed by atoms with Gasteiger partial charge in [-0.25, -0.2) is 8.42 Å². The average molecular weight is 428 g/mol. The molecular formula is C21H25N5O3S. The molecule has 9 heteroatoms. The van der Waals surface area contributed by atoms with Crippen LogP contribution in [0.15, 0.2) is 53.7 Å². The number of nitrogens with zero attached hydrogens (tertiary/aromatic N) is 5.